The molecule has 98 valence electrons. The maximum atomic E-state index is 6.03. The Bertz CT molecular complexity index is 616. The van der Waals surface area contributed by atoms with Crippen molar-refractivity contribution in [2.45, 2.75) is 25.7 Å². The molecule has 4 nitrogen and oxygen atoms in total. The van der Waals surface area contributed by atoms with Gasteiger partial charge in [0.1, 0.15) is 5.75 Å². The Morgan fingerprint density at radius 2 is 1.89 bits per heavy atom. The molecular weight excluding hydrogens is 262 g/mol. The predicted octanol–water partition coefficient (Wildman–Crippen LogP) is 3.38. The summed E-state index contributed by atoms with van der Waals surface area (Å²) >= 11 is 5.76. The second-order valence-electron chi connectivity index (χ2n) is 4.58. The lowest BCUT2D eigenvalue weighted by molar-refractivity contribution is 0.451. The van der Waals surface area contributed by atoms with Gasteiger partial charge < -0.3 is 10.5 Å². The van der Waals surface area contributed by atoms with E-state index in [1.54, 1.807) is 12.3 Å². The first-order valence-electron chi connectivity index (χ1n) is 6.30. The molecular formula is C14H14ClN3O. The number of rotatable bonds is 2. The number of nitrogen functional groups attached to an aromatic ring is 1. The van der Waals surface area contributed by atoms with Crippen LogP contribution < -0.4 is 10.5 Å². The predicted molar refractivity (Wildman–Crippen MR) is 74.6 cm³/mol. The van der Waals surface area contributed by atoms with Gasteiger partial charge in [0.2, 0.25) is 11.2 Å². The average Bonchev–Trinajstić information content (AvgIpc) is 2.42. The van der Waals surface area contributed by atoms with Crippen LogP contribution in [-0.2, 0) is 12.8 Å². The lowest BCUT2D eigenvalue weighted by Gasteiger charge is -2.20. The molecule has 0 fully saturated rings. The average molecular weight is 276 g/mol. The van der Waals surface area contributed by atoms with Crippen LogP contribution in [0.5, 0.6) is 11.6 Å². The lowest BCUT2D eigenvalue weighted by Crippen LogP contribution is -2.08. The minimum atomic E-state index is 0.182. The van der Waals surface area contributed by atoms with Crippen LogP contribution in [0.15, 0.2) is 24.4 Å². The van der Waals surface area contributed by atoms with Gasteiger partial charge in [-0.15, -0.1) is 0 Å². The molecule has 0 atom stereocenters. The fraction of sp³-hybridized carbons (Fsp3) is 0.286. The van der Waals surface area contributed by atoms with Crippen LogP contribution in [-0.4, -0.2) is 9.97 Å². The van der Waals surface area contributed by atoms with E-state index in [9.17, 15) is 0 Å². The van der Waals surface area contributed by atoms with E-state index in [2.05, 4.69) is 9.97 Å². The molecule has 1 aliphatic rings. The van der Waals surface area contributed by atoms with Crippen molar-refractivity contribution in [3.63, 3.8) is 0 Å². The Morgan fingerprint density at radius 3 is 2.68 bits per heavy atom. The highest BCUT2D eigenvalue weighted by atomic mass is 35.5. The zero-order valence-corrected chi connectivity index (χ0v) is 11.2. The molecule has 0 spiro atoms. The Kier molecular flexibility index (Phi) is 3.25. The molecule has 19 heavy (non-hydrogen) atoms. The van der Waals surface area contributed by atoms with Crippen molar-refractivity contribution in [3.05, 3.63) is 40.8 Å². The Balaban J connectivity index is 1.97. The summed E-state index contributed by atoms with van der Waals surface area (Å²) in [6, 6.07) is 5.48. The first-order valence-corrected chi connectivity index (χ1v) is 6.68. The molecule has 3 rings (SSSR count). The molecule has 0 aliphatic heterocycles. The van der Waals surface area contributed by atoms with Gasteiger partial charge in [-0.05, 0) is 55.0 Å². The van der Waals surface area contributed by atoms with E-state index in [0.29, 0.717) is 5.88 Å². The molecule has 0 saturated carbocycles. The van der Waals surface area contributed by atoms with Gasteiger partial charge in [0.15, 0.2) is 0 Å². The van der Waals surface area contributed by atoms with Crippen molar-refractivity contribution in [1.82, 2.24) is 9.97 Å². The van der Waals surface area contributed by atoms with Gasteiger partial charge >= 0.3 is 0 Å². The quantitative estimate of drug-likeness (QED) is 0.674. The first kappa shape index (κ1) is 12.2. The van der Waals surface area contributed by atoms with Crippen molar-refractivity contribution in [2.24, 2.45) is 0 Å². The minimum absolute atomic E-state index is 0.182. The number of ether oxygens (including phenoxy) is 1. The van der Waals surface area contributed by atoms with Crippen LogP contribution in [0, 0.1) is 0 Å². The Morgan fingerprint density at radius 1 is 1.11 bits per heavy atom. The second-order valence-corrected chi connectivity index (χ2v) is 4.92. The number of benzene rings is 1. The van der Waals surface area contributed by atoms with Crippen molar-refractivity contribution < 1.29 is 4.74 Å². The van der Waals surface area contributed by atoms with Crippen LogP contribution in [0.3, 0.4) is 0 Å². The van der Waals surface area contributed by atoms with E-state index in [1.807, 2.05) is 12.1 Å². The van der Waals surface area contributed by atoms with Crippen molar-refractivity contribution in [3.8, 4) is 11.6 Å². The van der Waals surface area contributed by atoms with Gasteiger partial charge in [0, 0.05) is 23.5 Å². The summed E-state index contributed by atoms with van der Waals surface area (Å²) in [5.41, 5.74) is 9.28. The SMILES string of the molecule is Nc1ccc(Oc2ccnc(Cl)n2)c2c1CCCC2. The summed E-state index contributed by atoms with van der Waals surface area (Å²) in [6.07, 6.45) is 5.93. The molecule has 0 bridgehead atoms. The molecule has 1 aromatic carbocycles. The molecule has 0 radical (unpaired) electrons. The number of anilines is 1. The van der Waals surface area contributed by atoms with E-state index in [0.717, 1.165) is 30.7 Å². The summed E-state index contributed by atoms with van der Waals surface area (Å²) in [7, 11) is 0. The molecule has 1 aromatic heterocycles. The zero-order chi connectivity index (χ0) is 13.2. The fourth-order valence-electron chi connectivity index (χ4n) is 2.45. The number of fused-ring (bicyclic) bond motifs is 1. The topological polar surface area (TPSA) is 61.0 Å². The van der Waals surface area contributed by atoms with Gasteiger partial charge in [-0.25, -0.2) is 4.98 Å². The number of halogens is 1. The highest BCUT2D eigenvalue weighted by molar-refractivity contribution is 6.28. The van der Waals surface area contributed by atoms with Crippen LogP contribution >= 0.6 is 11.6 Å². The maximum Gasteiger partial charge on any atom is 0.225 e. The van der Waals surface area contributed by atoms with E-state index < -0.39 is 0 Å². The highest BCUT2D eigenvalue weighted by Crippen LogP contribution is 2.35. The standard InChI is InChI=1S/C14H14ClN3O/c15-14-17-8-7-13(18-14)19-12-6-5-11(16)9-3-1-2-4-10(9)12/h5-8H,1-4,16H2. The summed E-state index contributed by atoms with van der Waals surface area (Å²) < 4.78 is 5.82. The van der Waals surface area contributed by atoms with Gasteiger partial charge in [-0.1, -0.05) is 0 Å². The maximum absolute atomic E-state index is 6.03. The van der Waals surface area contributed by atoms with Crippen LogP contribution in [0.4, 0.5) is 5.69 Å². The van der Waals surface area contributed by atoms with Gasteiger partial charge in [0.05, 0.1) is 0 Å². The molecule has 0 saturated heterocycles. The summed E-state index contributed by atoms with van der Waals surface area (Å²) in [5.74, 6) is 1.27. The monoisotopic (exact) mass is 275 g/mol. The normalized spacial score (nSPS) is 13.9. The summed E-state index contributed by atoms with van der Waals surface area (Å²) in [6.45, 7) is 0. The van der Waals surface area contributed by atoms with Gasteiger partial charge in [-0.3, -0.25) is 0 Å². The minimum Gasteiger partial charge on any atom is -0.439 e. The number of hydrogen-bond acceptors (Lipinski definition) is 4. The van der Waals surface area contributed by atoms with Crippen LogP contribution in [0.25, 0.3) is 0 Å². The second kappa shape index (κ2) is 5.05. The van der Waals surface area contributed by atoms with E-state index in [1.165, 1.54) is 17.5 Å². The third kappa shape index (κ3) is 2.49. The number of hydrogen-bond donors (Lipinski definition) is 1. The number of aromatic nitrogens is 2. The molecule has 1 aliphatic carbocycles. The third-order valence-electron chi connectivity index (χ3n) is 3.34. The molecule has 1 heterocycles. The first-order chi connectivity index (χ1) is 9.24. The smallest absolute Gasteiger partial charge is 0.225 e. The third-order valence-corrected chi connectivity index (χ3v) is 3.53. The van der Waals surface area contributed by atoms with Crippen LogP contribution in [0.1, 0.15) is 24.0 Å². The molecule has 0 unspecified atom stereocenters. The largest absolute Gasteiger partial charge is 0.439 e. The Labute approximate surface area is 116 Å². The van der Waals surface area contributed by atoms with Crippen molar-refractivity contribution in [1.29, 1.82) is 0 Å². The molecule has 5 heteroatoms. The Hall–Kier alpha value is -1.81. The van der Waals surface area contributed by atoms with Crippen molar-refractivity contribution >= 4 is 17.3 Å². The summed E-state index contributed by atoms with van der Waals surface area (Å²) in [4.78, 5) is 7.88. The fourth-order valence-corrected chi connectivity index (χ4v) is 2.59. The van der Waals surface area contributed by atoms with Gasteiger partial charge in [-0.2, -0.15) is 4.98 Å². The van der Waals surface area contributed by atoms with Crippen molar-refractivity contribution in [2.75, 3.05) is 5.73 Å². The lowest BCUT2D eigenvalue weighted by atomic mass is 9.90. The zero-order valence-electron chi connectivity index (χ0n) is 10.4. The van der Waals surface area contributed by atoms with Crippen LogP contribution in [0.2, 0.25) is 5.28 Å². The van der Waals surface area contributed by atoms with E-state index in [4.69, 9.17) is 22.1 Å². The van der Waals surface area contributed by atoms with E-state index in [-0.39, 0.29) is 5.28 Å². The number of nitrogens with zero attached hydrogens (tertiary/aromatic N) is 2. The van der Waals surface area contributed by atoms with E-state index >= 15 is 0 Å². The number of nitrogens with two attached hydrogens (primary N) is 1. The summed E-state index contributed by atoms with van der Waals surface area (Å²) in [5, 5.41) is 0.182. The highest BCUT2D eigenvalue weighted by Gasteiger charge is 2.17. The van der Waals surface area contributed by atoms with Gasteiger partial charge in [0.25, 0.3) is 0 Å². The molecule has 0 amide bonds. The molecule has 2 aromatic rings. The molecule has 2 N–H and O–H groups in total.